The summed E-state index contributed by atoms with van der Waals surface area (Å²) >= 11 is 0. The summed E-state index contributed by atoms with van der Waals surface area (Å²) in [5.74, 6) is 0.244. The number of rotatable bonds is 14. The van der Waals surface area contributed by atoms with E-state index in [1.54, 1.807) is 0 Å². The molecule has 0 aliphatic heterocycles. The third kappa shape index (κ3) is 7.61. The number of amides is 1. The highest BCUT2D eigenvalue weighted by Gasteiger charge is 2.15. The molecule has 0 fully saturated rings. The maximum atomic E-state index is 13.1. The van der Waals surface area contributed by atoms with Crippen LogP contribution in [-0.2, 0) is 11.2 Å². The third-order valence-corrected chi connectivity index (χ3v) is 5.34. The predicted molar refractivity (Wildman–Crippen MR) is 119 cm³/mol. The highest BCUT2D eigenvalue weighted by molar-refractivity contribution is 5.90. The first kappa shape index (κ1) is 22.4. The Morgan fingerprint density at radius 3 is 1.93 bits per heavy atom. The molecule has 4 heteroatoms. The lowest BCUT2D eigenvalue weighted by atomic mass is 10.0. The van der Waals surface area contributed by atoms with Crippen molar-refractivity contribution < 1.29 is 4.79 Å². The molecular formula is C24H37N3O. The van der Waals surface area contributed by atoms with Crippen molar-refractivity contribution in [1.82, 2.24) is 4.90 Å². The van der Waals surface area contributed by atoms with Crippen molar-refractivity contribution in [3.8, 4) is 0 Å². The van der Waals surface area contributed by atoms with Gasteiger partial charge in [-0.25, -0.2) is 0 Å². The lowest BCUT2D eigenvalue weighted by Gasteiger charge is -2.23. The van der Waals surface area contributed by atoms with Crippen LogP contribution in [0.5, 0.6) is 0 Å². The molecule has 0 aliphatic rings. The first-order valence-corrected chi connectivity index (χ1v) is 10.9. The molecule has 0 saturated heterocycles. The van der Waals surface area contributed by atoms with Gasteiger partial charge in [-0.2, -0.15) is 0 Å². The largest absolute Gasteiger partial charge is 0.342 e. The van der Waals surface area contributed by atoms with Crippen LogP contribution < -0.4 is 11.5 Å². The minimum Gasteiger partial charge on any atom is -0.342 e. The van der Waals surface area contributed by atoms with Gasteiger partial charge in [-0.3, -0.25) is 4.79 Å². The van der Waals surface area contributed by atoms with Crippen LogP contribution >= 0.6 is 0 Å². The van der Waals surface area contributed by atoms with E-state index in [9.17, 15) is 4.79 Å². The number of nitrogens with zero attached hydrogens (tertiary/aromatic N) is 1. The summed E-state index contributed by atoms with van der Waals surface area (Å²) in [5, 5.41) is 2.38. The average molecular weight is 384 g/mol. The second-order valence-electron chi connectivity index (χ2n) is 7.60. The number of carbonyl (C=O) groups is 1. The van der Waals surface area contributed by atoms with Crippen molar-refractivity contribution in [1.29, 1.82) is 0 Å². The molecule has 28 heavy (non-hydrogen) atoms. The van der Waals surface area contributed by atoms with Crippen molar-refractivity contribution >= 4 is 16.7 Å². The van der Waals surface area contributed by atoms with E-state index in [0.717, 1.165) is 83.1 Å². The van der Waals surface area contributed by atoms with Crippen LogP contribution in [0, 0.1) is 0 Å². The molecule has 0 bridgehead atoms. The Balaban J connectivity index is 1.95. The van der Waals surface area contributed by atoms with E-state index in [1.807, 2.05) is 12.1 Å². The molecule has 0 heterocycles. The number of carbonyl (C=O) groups excluding carboxylic acids is 1. The summed E-state index contributed by atoms with van der Waals surface area (Å²) in [6, 6.07) is 14.6. The number of hydrogen-bond acceptors (Lipinski definition) is 3. The Morgan fingerprint density at radius 1 is 0.714 bits per heavy atom. The fourth-order valence-corrected chi connectivity index (χ4v) is 3.68. The first-order valence-electron chi connectivity index (χ1n) is 10.9. The Labute approximate surface area is 170 Å². The highest BCUT2D eigenvalue weighted by Crippen LogP contribution is 2.20. The molecule has 0 spiro atoms. The lowest BCUT2D eigenvalue weighted by Crippen LogP contribution is -2.34. The van der Waals surface area contributed by atoms with E-state index in [2.05, 4.69) is 35.2 Å². The molecule has 1 amide bonds. The molecule has 4 nitrogen and oxygen atoms in total. The number of unbranched alkanes of at least 4 members (excludes halogenated alkanes) is 6. The number of nitrogens with two attached hydrogens (primary N) is 2. The molecule has 0 atom stereocenters. The number of hydrogen-bond donors (Lipinski definition) is 2. The van der Waals surface area contributed by atoms with Gasteiger partial charge in [-0.1, -0.05) is 68.1 Å². The summed E-state index contributed by atoms with van der Waals surface area (Å²) in [4.78, 5) is 15.2. The SMILES string of the molecule is NCCCCCCN(CCCCCCN)C(=O)Cc1cccc2ccccc12. The molecule has 0 radical (unpaired) electrons. The number of benzene rings is 2. The van der Waals surface area contributed by atoms with E-state index in [4.69, 9.17) is 11.5 Å². The van der Waals surface area contributed by atoms with Crippen molar-refractivity contribution in [3.63, 3.8) is 0 Å². The van der Waals surface area contributed by atoms with Gasteiger partial charge in [0.25, 0.3) is 0 Å². The zero-order chi connectivity index (χ0) is 20.0. The van der Waals surface area contributed by atoms with E-state index in [0.29, 0.717) is 6.42 Å². The van der Waals surface area contributed by atoms with Gasteiger partial charge in [-0.15, -0.1) is 0 Å². The van der Waals surface area contributed by atoms with Crippen molar-refractivity contribution in [3.05, 3.63) is 48.0 Å². The van der Waals surface area contributed by atoms with Crippen LogP contribution in [0.2, 0.25) is 0 Å². The van der Waals surface area contributed by atoms with Gasteiger partial charge in [0.15, 0.2) is 0 Å². The maximum absolute atomic E-state index is 13.1. The van der Waals surface area contributed by atoms with Gasteiger partial charge >= 0.3 is 0 Å². The monoisotopic (exact) mass is 383 g/mol. The lowest BCUT2D eigenvalue weighted by molar-refractivity contribution is -0.130. The molecular weight excluding hydrogens is 346 g/mol. The quantitative estimate of drug-likeness (QED) is 0.479. The molecule has 2 aromatic rings. The summed E-state index contributed by atoms with van der Waals surface area (Å²) in [6.45, 7) is 3.21. The molecule has 2 aromatic carbocycles. The van der Waals surface area contributed by atoms with Gasteiger partial charge in [0, 0.05) is 13.1 Å². The maximum Gasteiger partial charge on any atom is 0.227 e. The minimum absolute atomic E-state index is 0.244. The Hall–Kier alpha value is -1.91. The highest BCUT2D eigenvalue weighted by atomic mass is 16.2. The topological polar surface area (TPSA) is 72.3 Å². The van der Waals surface area contributed by atoms with Gasteiger partial charge in [0.2, 0.25) is 5.91 Å². The standard InChI is InChI=1S/C24H37N3O/c25-16-7-1-3-9-18-27(19-10-4-2-8-17-26)24(28)20-22-14-11-13-21-12-5-6-15-23(21)22/h5-6,11-15H,1-4,7-10,16-20,25-26H2. The molecule has 2 rings (SSSR count). The third-order valence-electron chi connectivity index (χ3n) is 5.34. The Bertz CT molecular complexity index is 682. The first-order chi connectivity index (χ1) is 13.8. The van der Waals surface area contributed by atoms with Crippen LogP contribution in [0.3, 0.4) is 0 Å². The summed E-state index contributed by atoms with van der Waals surface area (Å²) in [5.41, 5.74) is 12.3. The smallest absolute Gasteiger partial charge is 0.227 e. The summed E-state index contributed by atoms with van der Waals surface area (Å²) in [6.07, 6.45) is 9.33. The van der Waals surface area contributed by atoms with E-state index < -0.39 is 0 Å². The summed E-state index contributed by atoms with van der Waals surface area (Å²) < 4.78 is 0. The van der Waals surface area contributed by atoms with Crippen molar-refractivity contribution in [2.45, 2.75) is 57.8 Å². The van der Waals surface area contributed by atoms with Crippen LogP contribution in [0.15, 0.2) is 42.5 Å². The van der Waals surface area contributed by atoms with Crippen LogP contribution in [-0.4, -0.2) is 37.0 Å². The predicted octanol–water partition coefficient (Wildman–Crippen LogP) is 4.25. The van der Waals surface area contributed by atoms with Gasteiger partial charge in [-0.05, 0) is 55.1 Å². The normalized spacial score (nSPS) is 11.1. The van der Waals surface area contributed by atoms with E-state index >= 15 is 0 Å². The van der Waals surface area contributed by atoms with Crippen LogP contribution in [0.25, 0.3) is 10.8 Å². The molecule has 4 N–H and O–H groups in total. The Morgan fingerprint density at radius 2 is 1.29 bits per heavy atom. The zero-order valence-electron chi connectivity index (χ0n) is 17.2. The van der Waals surface area contributed by atoms with Gasteiger partial charge < -0.3 is 16.4 Å². The van der Waals surface area contributed by atoms with Gasteiger partial charge in [0.05, 0.1) is 6.42 Å². The second-order valence-corrected chi connectivity index (χ2v) is 7.60. The molecule has 0 saturated carbocycles. The van der Waals surface area contributed by atoms with E-state index in [-0.39, 0.29) is 5.91 Å². The Kier molecular flexibility index (Phi) is 10.6. The molecule has 0 aliphatic carbocycles. The minimum atomic E-state index is 0.244. The number of fused-ring (bicyclic) bond motifs is 1. The molecule has 154 valence electrons. The molecule has 0 aromatic heterocycles. The zero-order valence-corrected chi connectivity index (χ0v) is 17.2. The van der Waals surface area contributed by atoms with Crippen molar-refractivity contribution in [2.24, 2.45) is 11.5 Å². The molecule has 0 unspecified atom stereocenters. The fourth-order valence-electron chi connectivity index (χ4n) is 3.68. The van der Waals surface area contributed by atoms with E-state index in [1.165, 1.54) is 10.8 Å². The van der Waals surface area contributed by atoms with Crippen LogP contribution in [0.1, 0.15) is 56.9 Å². The second kappa shape index (κ2) is 13.3. The van der Waals surface area contributed by atoms with Gasteiger partial charge in [0.1, 0.15) is 0 Å². The fraction of sp³-hybridized carbons (Fsp3) is 0.542. The van der Waals surface area contributed by atoms with Crippen LogP contribution in [0.4, 0.5) is 0 Å². The average Bonchev–Trinajstić information content (AvgIpc) is 2.72. The summed E-state index contributed by atoms with van der Waals surface area (Å²) in [7, 11) is 0. The van der Waals surface area contributed by atoms with Crippen molar-refractivity contribution in [2.75, 3.05) is 26.2 Å².